The normalized spacial score (nSPS) is 18.1. The molecule has 0 spiro atoms. The monoisotopic (exact) mass is 297 g/mol. The summed E-state index contributed by atoms with van der Waals surface area (Å²) in [7, 11) is 0. The number of benzene rings is 1. The Kier molecular flexibility index (Phi) is 4.18. The molecule has 0 heterocycles. The van der Waals surface area contributed by atoms with E-state index in [1.165, 1.54) is 15.6 Å². The van der Waals surface area contributed by atoms with Crippen molar-refractivity contribution in [2.75, 3.05) is 6.54 Å². The van der Waals surface area contributed by atoms with Gasteiger partial charge in [0.1, 0.15) is 0 Å². The van der Waals surface area contributed by atoms with E-state index in [4.69, 9.17) is 5.11 Å². The topological polar surface area (TPSA) is 49.3 Å². The number of aliphatic carboxylic acids is 1. The molecular formula is C13H16BrNO2. The van der Waals surface area contributed by atoms with Crippen LogP contribution in [0.4, 0.5) is 0 Å². The van der Waals surface area contributed by atoms with Crippen molar-refractivity contribution in [3.8, 4) is 0 Å². The highest BCUT2D eigenvalue weighted by Crippen LogP contribution is 2.35. The molecule has 1 aromatic rings. The van der Waals surface area contributed by atoms with Gasteiger partial charge < -0.3 is 10.4 Å². The molecule has 1 aromatic carbocycles. The van der Waals surface area contributed by atoms with E-state index in [-0.39, 0.29) is 6.42 Å². The van der Waals surface area contributed by atoms with Gasteiger partial charge in [-0.05, 0) is 43.0 Å². The summed E-state index contributed by atoms with van der Waals surface area (Å²) < 4.78 is 1.19. The smallest absolute Gasteiger partial charge is 0.303 e. The SMILES string of the molecule is O=C(O)CCCNC1CCc2c(Br)cccc21. The highest BCUT2D eigenvalue weighted by atomic mass is 79.9. The van der Waals surface area contributed by atoms with E-state index < -0.39 is 5.97 Å². The Labute approximate surface area is 109 Å². The molecule has 4 heteroatoms. The molecule has 1 atom stereocenters. The van der Waals surface area contributed by atoms with Gasteiger partial charge in [-0.2, -0.15) is 0 Å². The number of rotatable bonds is 5. The molecule has 1 unspecified atom stereocenters. The zero-order valence-corrected chi connectivity index (χ0v) is 11.2. The average molecular weight is 298 g/mol. The Morgan fingerprint density at radius 1 is 1.53 bits per heavy atom. The molecule has 0 amide bonds. The minimum Gasteiger partial charge on any atom is -0.481 e. The lowest BCUT2D eigenvalue weighted by Gasteiger charge is -2.13. The predicted octanol–water partition coefficient (Wildman–Crippen LogP) is 2.89. The van der Waals surface area contributed by atoms with Gasteiger partial charge in [0, 0.05) is 16.9 Å². The molecule has 92 valence electrons. The van der Waals surface area contributed by atoms with Gasteiger partial charge >= 0.3 is 5.97 Å². The van der Waals surface area contributed by atoms with E-state index in [1.54, 1.807) is 0 Å². The molecule has 1 aliphatic rings. The summed E-state index contributed by atoms with van der Waals surface area (Å²) in [5.41, 5.74) is 2.75. The first kappa shape index (κ1) is 12.6. The van der Waals surface area contributed by atoms with Crippen molar-refractivity contribution in [2.24, 2.45) is 0 Å². The van der Waals surface area contributed by atoms with Crippen molar-refractivity contribution < 1.29 is 9.90 Å². The lowest BCUT2D eigenvalue weighted by atomic mass is 10.1. The lowest BCUT2D eigenvalue weighted by molar-refractivity contribution is -0.137. The Balaban J connectivity index is 1.89. The van der Waals surface area contributed by atoms with Crippen LogP contribution < -0.4 is 5.32 Å². The van der Waals surface area contributed by atoms with Crippen LogP contribution >= 0.6 is 15.9 Å². The summed E-state index contributed by atoms with van der Waals surface area (Å²) in [4.78, 5) is 10.4. The Bertz CT molecular complexity index is 420. The second kappa shape index (κ2) is 5.65. The van der Waals surface area contributed by atoms with Crippen LogP contribution in [0.3, 0.4) is 0 Å². The van der Waals surface area contributed by atoms with Gasteiger partial charge in [0.05, 0.1) is 0 Å². The summed E-state index contributed by atoms with van der Waals surface area (Å²) in [5, 5.41) is 12.0. The second-order valence-electron chi connectivity index (χ2n) is 4.35. The number of carbonyl (C=O) groups is 1. The van der Waals surface area contributed by atoms with E-state index in [0.29, 0.717) is 12.5 Å². The highest BCUT2D eigenvalue weighted by molar-refractivity contribution is 9.10. The molecule has 0 aromatic heterocycles. The number of halogens is 1. The Morgan fingerprint density at radius 3 is 3.12 bits per heavy atom. The number of hydrogen-bond acceptors (Lipinski definition) is 2. The third-order valence-corrected chi connectivity index (χ3v) is 3.91. The average Bonchev–Trinajstić information content (AvgIpc) is 2.69. The van der Waals surface area contributed by atoms with E-state index in [9.17, 15) is 4.79 Å². The van der Waals surface area contributed by atoms with Crippen LogP contribution in [0.2, 0.25) is 0 Å². The van der Waals surface area contributed by atoms with Crippen LogP contribution in [-0.4, -0.2) is 17.6 Å². The van der Waals surface area contributed by atoms with Crippen LogP contribution in [0.15, 0.2) is 22.7 Å². The third-order valence-electron chi connectivity index (χ3n) is 3.17. The molecule has 1 aliphatic carbocycles. The number of carboxylic acids is 1. The minimum atomic E-state index is -0.721. The van der Waals surface area contributed by atoms with E-state index in [2.05, 4.69) is 39.4 Å². The van der Waals surface area contributed by atoms with Gasteiger partial charge in [-0.25, -0.2) is 0 Å². The molecule has 3 nitrogen and oxygen atoms in total. The van der Waals surface area contributed by atoms with Gasteiger partial charge in [0.2, 0.25) is 0 Å². The van der Waals surface area contributed by atoms with Crippen molar-refractivity contribution in [2.45, 2.75) is 31.7 Å². The maximum atomic E-state index is 10.4. The summed E-state index contributed by atoms with van der Waals surface area (Å²) in [5.74, 6) is -0.721. The number of fused-ring (bicyclic) bond motifs is 1. The maximum absolute atomic E-state index is 10.4. The molecule has 0 bridgehead atoms. The first-order valence-corrected chi connectivity index (χ1v) is 6.70. The van der Waals surface area contributed by atoms with Gasteiger partial charge in [-0.3, -0.25) is 4.79 Å². The first-order valence-electron chi connectivity index (χ1n) is 5.91. The largest absolute Gasteiger partial charge is 0.481 e. The van der Waals surface area contributed by atoms with Crippen molar-refractivity contribution >= 4 is 21.9 Å². The molecule has 2 rings (SSSR count). The van der Waals surface area contributed by atoms with Crippen molar-refractivity contribution in [3.63, 3.8) is 0 Å². The van der Waals surface area contributed by atoms with E-state index in [1.807, 2.05) is 0 Å². The maximum Gasteiger partial charge on any atom is 0.303 e. The van der Waals surface area contributed by atoms with Crippen molar-refractivity contribution in [1.29, 1.82) is 0 Å². The summed E-state index contributed by atoms with van der Waals surface area (Å²) >= 11 is 3.57. The quantitative estimate of drug-likeness (QED) is 0.822. The van der Waals surface area contributed by atoms with Crippen LogP contribution in [0.5, 0.6) is 0 Å². The molecule has 0 radical (unpaired) electrons. The van der Waals surface area contributed by atoms with Gasteiger partial charge in [0.25, 0.3) is 0 Å². The number of carboxylic acid groups (broad SMARTS) is 1. The second-order valence-corrected chi connectivity index (χ2v) is 5.20. The third kappa shape index (κ3) is 3.07. The van der Waals surface area contributed by atoms with Crippen LogP contribution in [0.1, 0.15) is 36.4 Å². The fourth-order valence-electron chi connectivity index (χ4n) is 2.34. The van der Waals surface area contributed by atoms with Crippen LogP contribution in [0, 0.1) is 0 Å². The molecule has 0 saturated carbocycles. The van der Waals surface area contributed by atoms with Crippen molar-refractivity contribution in [3.05, 3.63) is 33.8 Å². The van der Waals surface area contributed by atoms with Crippen LogP contribution in [-0.2, 0) is 11.2 Å². The zero-order valence-electron chi connectivity index (χ0n) is 9.58. The Hall–Kier alpha value is -0.870. The summed E-state index contributed by atoms with van der Waals surface area (Å²) in [6, 6.07) is 6.67. The summed E-state index contributed by atoms with van der Waals surface area (Å²) in [6.07, 6.45) is 3.12. The molecule has 17 heavy (non-hydrogen) atoms. The van der Waals surface area contributed by atoms with E-state index >= 15 is 0 Å². The zero-order chi connectivity index (χ0) is 12.3. The molecule has 2 N–H and O–H groups in total. The molecule has 0 saturated heterocycles. The van der Waals surface area contributed by atoms with Crippen molar-refractivity contribution in [1.82, 2.24) is 5.32 Å². The van der Waals surface area contributed by atoms with Gasteiger partial charge in [-0.1, -0.05) is 28.1 Å². The standard InChI is InChI=1S/C13H16BrNO2/c14-11-4-1-3-10-9(11)6-7-12(10)15-8-2-5-13(16)17/h1,3-4,12,15H,2,5-8H2,(H,16,17). The Morgan fingerprint density at radius 2 is 2.35 bits per heavy atom. The fraction of sp³-hybridized carbons (Fsp3) is 0.462. The molecule has 0 aliphatic heterocycles. The van der Waals surface area contributed by atoms with E-state index in [0.717, 1.165) is 19.4 Å². The summed E-state index contributed by atoms with van der Waals surface area (Å²) in [6.45, 7) is 0.767. The minimum absolute atomic E-state index is 0.241. The first-order chi connectivity index (χ1) is 8.18. The predicted molar refractivity (Wildman–Crippen MR) is 70.1 cm³/mol. The molecule has 0 fully saturated rings. The van der Waals surface area contributed by atoms with Gasteiger partial charge in [0.15, 0.2) is 0 Å². The molecular weight excluding hydrogens is 282 g/mol. The van der Waals surface area contributed by atoms with Crippen LogP contribution in [0.25, 0.3) is 0 Å². The number of hydrogen-bond donors (Lipinski definition) is 2. The van der Waals surface area contributed by atoms with Gasteiger partial charge in [-0.15, -0.1) is 0 Å². The fourth-order valence-corrected chi connectivity index (χ4v) is 2.92. The lowest BCUT2D eigenvalue weighted by Crippen LogP contribution is -2.21. The number of nitrogens with one attached hydrogen (secondary N) is 1. The highest BCUT2D eigenvalue weighted by Gasteiger charge is 2.23.